The van der Waals surface area contributed by atoms with E-state index in [1.54, 1.807) is 48.5 Å². The number of amides is 2. The summed E-state index contributed by atoms with van der Waals surface area (Å²) in [6, 6.07) is 22.0. The lowest BCUT2D eigenvalue weighted by Gasteiger charge is -2.19. The van der Waals surface area contributed by atoms with Gasteiger partial charge in [0.05, 0.1) is 5.69 Å². The second-order valence-electron chi connectivity index (χ2n) is 6.31. The van der Waals surface area contributed by atoms with Crippen LogP contribution in [0.4, 0.5) is 11.4 Å². The molecular weight excluding hydrogens is 354 g/mol. The summed E-state index contributed by atoms with van der Waals surface area (Å²) in [4.78, 5) is 25.7. The number of carbonyl (C=O) groups excluding carboxylic acids is 2. The Bertz CT molecular complexity index is 956. The van der Waals surface area contributed by atoms with Crippen LogP contribution in [0.15, 0.2) is 78.9 Å². The summed E-state index contributed by atoms with van der Waals surface area (Å²) in [5.41, 5.74) is 5.12. The number of nitrogens with one attached hydrogen (secondary N) is 3. The van der Waals surface area contributed by atoms with Crippen LogP contribution >= 0.6 is 0 Å². The lowest BCUT2D eigenvalue weighted by atomic mass is 10.0. The van der Waals surface area contributed by atoms with Crippen molar-refractivity contribution in [2.45, 2.75) is 13.0 Å². The molecule has 0 aromatic heterocycles. The number of aryl methyl sites for hydroxylation is 1. The predicted octanol–water partition coefficient (Wildman–Crippen LogP) is 3.91. The Labute approximate surface area is 163 Å². The van der Waals surface area contributed by atoms with Crippen LogP contribution in [0.5, 0.6) is 0 Å². The minimum Gasteiger partial charge on any atom is -0.336 e. The van der Waals surface area contributed by atoms with E-state index in [1.807, 2.05) is 42.7 Å². The first-order valence-corrected chi connectivity index (χ1v) is 8.81. The first-order chi connectivity index (χ1) is 13.6. The van der Waals surface area contributed by atoms with Gasteiger partial charge in [0.1, 0.15) is 6.04 Å². The van der Waals surface area contributed by atoms with Crippen LogP contribution in [0.1, 0.15) is 27.5 Å². The molecule has 0 fully saturated rings. The van der Waals surface area contributed by atoms with E-state index in [9.17, 15) is 9.59 Å². The van der Waals surface area contributed by atoms with Crippen molar-refractivity contribution in [3.63, 3.8) is 0 Å². The maximum Gasteiger partial charge on any atom is 0.252 e. The van der Waals surface area contributed by atoms with Gasteiger partial charge in [0, 0.05) is 11.3 Å². The van der Waals surface area contributed by atoms with E-state index in [4.69, 9.17) is 5.21 Å². The van der Waals surface area contributed by atoms with E-state index in [-0.39, 0.29) is 11.8 Å². The maximum absolute atomic E-state index is 12.9. The van der Waals surface area contributed by atoms with Gasteiger partial charge in [-0.15, -0.1) is 0 Å². The van der Waals surface area contributed by atoms with Crippen molar-refractivity contribution >= 4 is 23.2 Å². The smallest absolute Gasteiger partial charge is 0.252 e. The molecule has 3 aromatic rings. The molecule has 0 heterocycles. The van der Waals surface area contributed by atoms with E-state index in [0.717, 1.165) is 5.56 Å². The first kappa shape index (κ1) is 19.1. The van der Waals surface area contributed by atoms with Crippen molar-refractivity contribution in [1.29, 1.82) is 0 Å². The molecule has 0 spiro atoms. The van der Waals surface area contributed by atoms with Gasteiger partial charge in [0.2, 0.25) is 0 Å². The third kappa shape index (κ3) is 4.55. The van der Waals surface area contributed by atoms with Crippen LogP contribution in [0.3, 0.4) is 0 Å². The van der Waals surface area contributed by atoms with Gasteiger partial charge in [-0.05, 0) is 48.4 Å². The number of benzene rings is 3. The molecule has 0 saturated carbocycles. The second-order valence-corrected chi connectivity index (χ2v) is 6.31. The SMILES string of the molecule is Cc1ccccc1C(=O)N[C@H](C(=O)Nc1ccc(NO)cc1)c1ccccc1. The molecular formula is C22H21N3O3. The van der Waals surface area contributed by atoms with E-state index < -0.39 is 6.04 Å². The molecule has 6 heteroatoms. The van der Waals surface area contributed by atoms with Crippen LogP contribution < -0.4 is 16.1 Å². The predicted molar refractivity (Wildman–Crippen MR) is 108 cm³/mol. The van der Waals surface area contributed by atoms with E-state index in [0.29, 0.717) is 22.5 Å². The largest absolute Gasteiger partial charge is 0.336 e. The molecule has 0 radical (unpaired) electrons. The van der Waals surface area contributed by atoms with Crippen molar-refractivity contribution in [3.05, 3.63) is 95.6 Å². The van der Waals surface area contributed by atoms with Gasteiger partial charge in [-0.3, -0.25) is 20.3 Å². The molecule has 2 amide bonds. The zero-order chi connectivity index (χ0) is 19.9. The highest BCUT2D eigenvalue weighted by molar-refractivity contribution is 6.02. The summed E-state index contributed by atoms with van der Waals surface area (Å²) in [6.07, 6.45) is 0. The highest BCUT2D eigenvalue weighted by Gasteiger charge is 2.24. The Morgan fingerprint density at radius 2 is 1.43 bits per heavy atom. The van der Waals surface area contributed by atoms with Gasteiger partial charge < -0.3 is 10.6 Å². The molecule has 6 nitrogen and oxygen atoms in total. The molecule has 0 aliphatic rings. The average Bonchev–Trinajstić information content (AvgIpc) is 2.73. The number of anilines is 2. The molecule has 28 heavy (non-hydrogen) atoms. The molecule has 1 atom stereocenters. The topological polar surface area (TPSA) is 90.5 Å². The summed E-state index contributed by atoms with van der Waals surface area (Å²) in [6.45, 7) is 1.85. The Morgan fingerprint density at radius 1 is 0.821 bits per heavy atom. The third-order valence-corrected chi connectivity index (χ3v) is 4.34. The summed E-state index contributed by atoms with van der Waals surface area (Å²) < 4.78 is 0. The van der Waals surface area contributed by atoms with Crippen LogP contribution in [0.25, 0.3) is 0 Å². The quantitative estimate of drug-likeness (QED) is 0.492. The standard InChI is InChI=1S/C22H21N3O3/c1-15-7-5-6-10-19(15)21(26)24-20(16-8-3-2-4-9-16)22(27)23-17-11-13-18(25-28)14-12-17/h2-14,20,25,28H,1H3,(H,23,27)(H,24,26)/t20-/m0/s1. The normalized spacial score (nSPS) is 11.4. The molecule has 4 N–H and O–H groups in total. The molecule has 3 rings (SSSR count). The van der Waals surface area contributed by atoms with Crippen molar-refractivity contribution < 1.29 is 14.8 Å². The highest BCUT2D eigenvalue weighted by Crippen LogP contribution is 2.19. The number of carbonyl (C=O) groups is 2. The molecule has 0 saturated heterocycles. The Kier molecular flexibility index (Phi) is 6.04. The number of hydrogen-bond donors (Lipinski definition) is 4. The van der Waals surface area contributed by atoms with Gasteiger partial charge in [-0.2, -0.15) is 0 Å². The lowest BCUT2D eigenvalue weighted by molar-refractivity contribution is -0.118. The molecule has 0 aliphatic carbocycles. The molecule has 142 valence electrons. The van der Waals surface area contributed by atoms with Crippen LogP contribution in [0.2, 0.25) is 0 Å². The fraction of sp³-hybridized carbons (Fsp3) is 0.0909. The molecule has 0 aliphatic heterocycles. The fourth-order valence-corrected chi connectivity index (χ4v) is 2.82. The van der Waals surface area contributed by atoms with Gasteiger partial charge in [-0.1, -0.05) is 48.5 Å². The van der Waals surface area contributed by atoms with E-state index >= 15 is 0 Å². The maximum atomic E-state index is 12.9. The zero-order valence-electron chi connectivity index (χ0n) is 15.3. The van der Waals surface area contributed by atoms with Crippen LogP contribution in [-0.2, 0) is 4.79 Å². The van der Waals surface area contributed by atoms with Crippen molar-refractivity contribution in [1.82, 2.24) is 5.32 Å². The number of rotatable bonds is 6. The van der Waals surface area contributed by atoms with Crippen LogP contribution in [0, 0.1) is 6.92 Å². The summed E-state index contributed by atoms with van der Waals surface area (Å²) in [5, 5.41) is 14.5. The van der Waals surface area contributed by atoms with Crippen molar-refractivity contribution in [2.75, 3.05) is 10.8 Å². The zero-order valence-corrected chi connectivity index (χ0v) is 15.3. The Morgan fingerprint density at radius 3 is 2.07 bits per heavy atom. The summed E-state index contributed by atoms with van der Waals surface area (Å²) in [5.74, 6) is -0.681. The summed E-state index contributed by atoms with van der Waals surface area (Å²) in [7, 11) is 0. The van der Waals surface area contributed by atoms with Gasteiger partial charge >= 0.3 is 0 Å². The second kappa shape index (κ2) is 8.83. The number of hydrogen-bond acceptors (Lipinski definition) is 4. The van der Waals surface area contributed by atoms with Gasteiger partial charge in [0.25, 0.3) is 11.8 Å². The van der Waals surface area contributed by atoms with E-state index in [1.165, 1.54) is 0 Å². The highest BCUT2D eigenvalue weighted by atomic mass is 16.5. The minimum atomic E-state index is -0.857. The lowest BCUT2D eigenvalue weighted by Crippen LogP contribution is -2.37. The fourth-order valence-electron chi connectivity index (χ4n) is 2.82. The van der Waals surface area contributed by atoms with Crippen molar-refractivity contribution in [3.8, 4) is 0 Å². The Balaban J connectivity index is 1.83. The molecule has 0 unspecified atom stereocenters. The minimum absolute atomic E-state index is 0.318. The van der Waals surface area contributed by atoms with Gasteiger partial charge in [0.15, 0.2) is 0 Å². The van der Waals surface area contributed by atoms with Crippen LogP contribution in [-0.4, -0.2) is 17.0 Å². The molecule has 0 bridgehead atoms. The summed E-state index contributed by atoms with van der Waals surface area (Å²) >= 11 is 0. The third-order valence-electron chi connectivity index (χ3n) is 4.34. The van der Waals surface area contributed by atoms with Crippen molar-refractivity contribution in [2.24, 2.45) is 0 Å². The molecule has 3 aromatic carbocycles. The van der Waals surface area contributed by atoms with Gasteiger partial charge in [-0.25, -0.2) is 0 Å². The Hall–Kier alpha value is -3.64. The van der Waals surface area contributed by atoms with E-state index in [2.05, 4.69) is 10.6 Å². The average molecular weight is 375 g/mol. The first-order valence-electron chi connectivity index (χ1n) is 8.81. The monoisotopic (exact) mass is 375 g/mol.